The number of aliphatic imine (C=N–C) groups is 1. The molecule has 3 heterocycles. The lowest BCUT2D eigenvalue weighted by Crippen LogP contribution is -2.19. The molecule has 2 aromatic rings. The van der Waals surface area contributed by atoms with Gasteiger partial charge in [0, 0.05) is 24.6 Å². The molecule has 1 N–H and O–H groups in total. The van der Waals surface area contributed by atoms with Crippen molar-refractivity contribution in [2.45, 2.75) is 45.6 Å². The lowest BCUT2D eigenvalue weighted by Gasteiger charge is -2.21. The maximum absolute atomic E-state index is 11.0. The van der Waals surface area contributed by atoms with E-state index in [0.29, 0.717) is 25.6 Å². The van der Waals surface area contributed by atoms with Crippen LogP contribution in [0.25, 0.3) is 10.9 Å². The molecule has 0 bridgehead atoms. The predicted molar refractivity (Wildman–Crippen MR) is 108 cm³/mol. The first-order valence-corrected chi connectivity index (χ1v) is 10.2. The summed E-state index contributed by atoms with van der Waals surface area (Å²) in [4.78, 5) is 4.64. The average molecular weight is 370 g/mol. The number of rotatable bonds is 5. The highest BCUT2D eigenvalue weighted by Gasteiger charge is 2.24. The van der Waals surface area contributed by atoms with E-state index in [1.165, 1.54) is 24.8 Å². The van der Waals surface area contributed by atoms with E-state index < -0.39 is 0 Å². The molecule has 0 spiro atoms. The van der Waals surface area contributed by atoms with Crippen molar-refractivity contribution in [1.29, 1.82) is 0 Å². The van der Waals surface area contributed by atoms with Gasteiger partial charge in [-0.2, -0.15) is 0 Å². The molecular formula is C22H30N2O3. The summed E-state index contributed by atoms with van der Waals surface area (Å²) in [6.45, 7) is 7.78. The summed E-state index contributed by atoms with van der Waals surface area (Å²) in [6, 6.07) is 6.80. The molecule has 1 saturated heterocycles. The molecular weight excluding hydrogens is 340 g/mol. The van der Waals surface area contributed by atoms with E-state index in [0.717, 1.165) is 47.7 Å². The lowest BCUT2D eigenvalue weighted by molar-refractivity contribution is 0.0640. The zero-order valence-electron chi connectivity index (χ0n) is 16.4. The van der Waals surface area contributed by atoms with Crippen molar-refractivity contribution in [3.05, 3.63) is 29.3 Å². The van der Waals surface area contributed by atoms with Crippen LogP contribution in [0.15, 0.2) is 23.2 Å². The van der Waals surface area contributed by atoms with Crippen molar-refractivity contribution < 1.29 is 14.6 Å². The van der Waals surface area contributed by atoms with Crippen molar-refractivity contribution in [2.75, 3.05) is 33.0 Å². The molecule has 5 heteroatoms. The molecule has 0 aliphatic carbocycles. The summed E-state index contributed by atoms with van der Waals surface area (Å²) in [5, 5.41) is 12.1. The maximum Gasteiger partial charge on any atom is 0.201 e. The molecule has 1 aromatic carbocycles. The number of hydrogen-bond acceptors (Lipinski definition) is 4. The molecule has 5 nitrogen and oxygen atoms in total. The minimum absolute atomic E-state index is 0.180. The molecule has 146 valence electrons. The minimum atomic E-state index is 0.180. The Morgan fingerprint density at radius 3 is 2.70 bits per heavy atom. The smallest absolute Gasteiger partial charge is 0.201 e. The van der Waals surface area contributed by atoms with Crippen LogP contribution in [-0.2, 0) is 15.9 Å². The van der Waals surface area contributed by atoms with Crippen LogP contribution >= 0.6 is 0 Å². The van der Waals surface area contributed by atoms with E-state index in [1.807, 2.05) is 4.57 Å². The highest BCUT2D eigenvalue weighted by molar-refractivity contribution is 6.14. The summed E-state index contributed by atoms with van der Waals surface area (Å²) in [6.07, 6.45) is 4.61. The summed E-state index contributed by atoms with van der Waals surface area (Å²) in [5.74, 6) is 1.07. The van der Waals surface area contributed by atoms with E-state index >= 15 is 0 Å². The molecule has 1 aromatic heterocycles. The number of aromatic nitrogens is 1. The molecule has 0 atom stereocenters. The van der Waals surface area contributed by atoms with E-state index in [2.05, 4.69) is 37.0 Å². The van der Waals surface area contributed by atoms with Crippen LogP contribution in [0.3, 0.4) is 0 Å². The van der Waals surface area contributed by atoms with Crippen molar-refractivity contribution >= 4 is 16.6 Å². The number of fused-ring (bicyclic) bond motifs is 1. The second-order valence-corrected chi connectivity index (χ2v) is 7.99. The number of aromatic hydroxyl groups is 1. The van der Waals surface area contributed by atoms with E-state index in [9.17, 15) is 5.11 Å². The molecule has 4 rings (SSSR count). The molecule has 1 fully saturated rings. The standard InChI is InChI=1S/C22H30N2O3/c1-15(2)24-20-6-5-17(4-3-16-7-10-26-11-8-16)13-18(20)21(22(24)25)19-14-27-12-9-23-19/h5-6,13,15-16,25H,3-4,7-12,14H2,1-2H3. The fourth-order valence-corrected chi connectivity index (χ4v) is 4.33. The monoisotopic (exact) mass is 370 g/mol. The van der Waals surface area contributed by atoms with Crippen LogP contribution in [0.4, 0.5) is 0 Å². The van der Waals surface area contributed by atoms with Crippen LogP contribution in [0, 0.1) is 5.92 Å². The Morgan fingerprint density at radius 1 is 1.19 bits per heavy atom. The van der Waals surface area contributed by atoms with Gasteiger partial charge >= 0.3 is 0 Å². The van der Waals surface area contributed by atoms with Gasteiger partial charge in [0.05, 0.1) is 36.6 Å². The Kier molecular flexibility index (Phi) is 5.50. The third-order valence-corrected chi connectivity index (χ3v) is 5.81. The van der Waals surface area contributed by atoms with Crippen molar-refractivity contribution in [1.82, 2.24) is 4.57 Å². The Balaban J connectivity index is 1.69. The Morgan fingerprint density at radius 2 is 2.00 bits per heavy atom. The van der Waals surface area contributed by atoms with Crippen LogP contribution in [0.5, 0.6) is 5.88 Å². The molecule has 0 radical (unpaired) electrons. The first-order chi connectivity index (χ1) is 13.1. The quantitative estimate of drug-likeness (QED) is 0.862. The lowest BCUT2D eigenvalue weighted by atomic mass is 9.92. The van der Waals surface area contributed by atoms with Gasteiger partial charge in [-0.3, -0.25) is 4.99 Å². The van der Waals surface area contributed by atoms with E-state index in [4.69, 9.17) is 9.47 Å². The van der Waals surface area contributed by atoms with Crippen LogP contribution < -0.4 is 0 Å². The van der Waals surface area contributed by atoms with Gasteiger partial charge in [-0.25, -0.2) is 0 Å². The van der Waals surface area contributed by atoms with Crippen LogP contribution in [0.2, 0.25) is 0 Å². The largest absolute Gasteiger partial charge is 0.494 e. The van der Waals surface area contributed by atoms with Crippen molar-refractivity contribution in [3.8, 4) is 5.88 Å². The predicted octanol–water partition coefficient (Wildman–Crippen LogP) is 4.11. The van der Waals surface area contributed by atoms with Gasteiger partial charge in [0.15, 0.2) is 0 Å². The zero-order valence-corrected chi connectivity index (χ0v) is 16.4. The van der Waals surface area contributed by atoms with Gasteiger partial charge in [-0.1, -0.05) is 6.07 Å². The highest BCUT2D eigenvalue weighted by Crippen LogP contribution is 2.36. The van der Waals surface area contributed by atoms with Crippen molar-refractivity contribution in [2.24, 2.45) is 10.9 Å². The van der Waals surface area contributed by atoms with Crippen LogP contribution in [-0.4, -0.2) is 48.4 Å². The molecule has 0 unspecified atom stereocenters. The number of ether oxygens (including phenoxy) is 2. The molecule has 0 amide bonds. The van der Waals surface area contributed by atoms with E-state index in [1.54, 1.807) is 0 Å². The Labute approximate surface area is 161 Å². The van der Waals surface area contributed by atoms with Gasteiger partial charge in [0.1, 0.15) is 0 Å². The van der Waals surface area contributed by atoms with Crippen LogP contribution in [0.1, 0.15) is 50.3 Å². The molecule has 0 saturated carbocycles. The number of aryl methyl sites for hydroxylation is 1. The highest BCUT2D eigenvalue weighted by atomic mass is 16.5. The SMILES string of the molecule is CC(C)n1c(O)c(C2=NCCOC2)c2cc(CCC3CCOCC3)ccc21. The first-order valence-electron chi connectivity index (χ1n) is 10.2. The Bertz CT molecular complexity index is 832. The fraction of sp³-hybridized carbons (Fsp3) is 0.591. The molecule has 27 heavy (non-hydrogen) atoms. The summed E-state index contributed by atoms with van der Waals surface area (Å²) < 4.78 is 13.1. The van der Waals surface area contributed by atoms with Gasteiger partial charge in [0.2, 0.25) is 5.88 Å². The average Bonchev–Trinajstić information content (AvgIpc) is 2.99. The summed E-state index contributed by atoms with van der Waals surface area (Å²) >= 11 is 0. The maximum atomic E-state index is 11.0. The fourth-order valence-electron chi connectivity index (χ4n) is 4.33. The zero-order chi connectivity index (χ0) is 18.8. The summed E-state index contributed by atoms with van der Waals surface area (Å²) in [5.41, 5.74) is 4.12. The summed E-state index contributed by atoms with van der Waals surface area (Å²) in [7, 11) is 0. The third-order valence-electron chi connectivity index (χ3n) is 5.81. The molecule has 2 aliphatic heterocycles. The minimum Gasteiger partial charge on any atom is -0.494 e. The number of hydrogen-bond donors (Lipinski definition) is 1. The molecule has 2 aliphatic rings. The normalized spacial score (nSPS) is 19.0. The second kappa shape index (κ2) is 8.03. The first kappa shape index (κ1) is 18.5. The third kappa shape index (κ3) is 3.76. The van der Waals surface area contributed by atoms with E-state index in [-0.39, 0.29) is 6.04 Å². The number of nitrogens with zero attached hydrogens (tertiary/aromatic N) is 2. The Hall–Kier alpha value is -1.85. The van der Waals surface area contributed by atoms with Gasteiger partial charge in [-0.05, 0) is 63.1 Å². The van der Waals surface area contributed by atoms with Gasteiger partial charge < -0.3 is 19.1 Å². The number of benzene rings is 1. The van der Waals surface area contributed by atoms with Gasteiger partial charge in [0.25, 0.3) is 0 Å². The second-order valence-electron chi connectivity index (χ2n) is 7.99. The topological polar surface area (TPSA) is 56.0 Å². The van der Waals surface area contributed by atoms with Crippen molar-refractivity contribution in [3.63, 3.8) is 0 Å². The van der Waals surface area contributed by atoms with Gasteiger partial charge in [-0.15, -0.1) is 0 Å².